The van der Waals surface area contributed by atoms with Crippen LogP contribution < -0.4 is 14.9 Å². The van der Waals surface area contributed by atoms with Crippen molar-refractivity contribution in [3.05, 3.63) is 144 Å². The SMILES string of the molecule is C=CN(C=C)CC[C@H](CSc1ccccc1)Nc1ccc(S(=O)(=O)NC(=O)c2ccc(N3CCN(CC4=C(c5ccc(Cl)cc5)CCOC4)CC3)cc2)cc1S(=O)(=O)C(F)(F)F. The molecular formula is C44H47ClF3N5O6S3. The minimum absolute atomic E-state index is 0.0248. The summed E-state index contributed by atoms with van der Waals surface area (Å²) in [5.74, 6) is -0.737. The maximum Gasteiger partial charge on any atom is 0.501 e. The molecule has 6 rings (SSSR count). The first-order valence-electron chi connectivity index (χ1n) is 19.7. The molecule has 4 aromatic rings. The number of nitrogens with one attached hydrogen (secondary N) is 2. The highest BCUT2D eigenvalue weighted by atomic mass is 35.5. The van der Waals surface area contributed by atoms with Crippen molar-refractivity contribution >= 4 is 66.1 Å². The first-order chi connectivity index (χ1) is 29.6. The van der Waals surface area contributed by atoms with Crippen molar-refractivity contribution < 1.29 is 39.5 Å². The van der Waals surface area contributed by atoms with Gasteiger partial charge < -0.3 is 19.9 Å². The van der Waals surface area contributed by atoms with Crippen LogP contribution in [0.5, 0.6) is 0 Å². The van der Waals surface area contributed by atoms with E-state index >= 15 is 0 Å². The number of nitrogens with zero attached hydrogens (tertiary/aromatic N) is 3. The lowest BCUT2D eigenvalue weighted by molar-refractivity contribution is -0.0435. The number of hydrogen-bond acceptors (Lipinski definition) is 11. The van der Waals surface area contributed by atoms with Gasteiger partial charge in [0.1, 0.15) is 4.90 Å². The summed E-state index contributed by atoms with van der Waals surface area (Å²) in [6.45, 7) is 12.7. The van der Waals surface area contributed by atoms with E-state index in [1.54, 1.807) is 17.0 Å². The van der Waals surface area contributed by atoms with Crippen LogP contribution in [-0.2, 0) is 24.6 Å². The van der Waals surface area contributed by atoms with Crippen LogP contribution in [-0.4, -0.2) is 102 Å². The van der Waals surface area contributed by atoms with E-state index < -0.39 is 52.8 Å². The lowest BCUT2D eigenvalue weighted by Crippen LogP contribution is -2.47. The monoisotopic (exact) mass is 929 g/mol. The molecule has 0 unspecified atom stereocenters. The number of halogens is 4. The van der Waals surface area contributed by atoms with E-state index in [0.717, 1.165) is 54.3 Å². The van der Waals surface area contributed by atoms with Crippen LogP contribution in [0.2, 0.25) is 5.02 Å². The molecular weight excluding hydrogens is 883 g/mol. The van der Waals surface area contributed by atoms with Gasteiger partial charge in [-0.2, -0.15) is 13.2 Å². The molecule has 2 heterocycles. The number of anilines is 2. The van der Waals surface area contributed by atoms with Crippen LogP contribution >= 0.6 is 23.4 Å². The minimum Gasteiger partial charge on any atom is -0.380 e. The molecule has 2 N–H and O–H groups in total. The normalized spacial score (nSPS) is 15.8. The third kappa shape index (κ3) is 11.8. The Balaban J connectivity index is 1.13. The molecule has 0 radical (unpaired) electrons. The van der Waals surface area contributed by atoms with E-state index in [1.807, 2.05) is 59.3 Å². The topological polar surface area (TPSA) is 128 Å². The summed E-state index contributed by atoms with van der Waals surface area (Å²) in [6.07, 6.45) is 4.18. The molecule has 4 aromatic carbocycles. The number of alkyl halides is 3. The number of benzene rings is 4. The number of ether oxygens (including phenoxy) is 1. The second-order valence-electron chi connectivity index (χ2n) is 14.6. The van der Waals surface area contributed by atoms with E-state index in [1.165, 1.54) is 47.4 Å². The summed E-state index contributed by atoms with van der Waals surface area (Å²) in [5.41, 5.74) is -1.76. The molecule has 0 spiro atoms. The highest BCUT2D eigenvalue weighted by molar-refractivity contribution is 7.99. The smallest absolute Gasteiger partial charge is 0.380 e. The summed E-state index contributed by atoms with van der Waals surface area (Å²) in [7, 11) is -10.9. The lowest BCUT2D eigenvalue weighted by atomic mass is 9.95. The number of sulfonamides is 1. The molecule has 1 fully saturated rings. The Bertz CT molecular complexity index is 2460. The van der Waals surface area contributed by atoms with Crippen molar-refractivity contribution in [3.63, 3.8) is 0 Å². The maximum absolute atomic E-state index is 14.1. The second-order valence-corrected chi connectivity index (χ2v) is 19.7. The van der Waals surface area contributed by atoms with Crippen molar-refractivity contribution in [2.75, 3.05) is 68.5 Å². The number of sulfone groups is 1. The molecule has 2 aliphatic rings. The molecule has 1 saturated heterocycles. The van der Waals surface area contributed by atoms with Gasteiger partial charge in [0.05, 0.1) is 23.8 Å². The molecule has 62 heavy (non-hydrogen) atoms. The van der Waals surface area contributed by atoms with Gasteiger partial charge in [0.2, 0.25) is 0 Å². The van der Waals surface area contributed by atoms with E-state index in [4.69, 9.17) is 16.3 Å². The zero-order chi connectivity index (χ0) is 44.5. The lowest BCUT2D eigenvalue weighted by Gasteiger charge is -2.37. The van der Waals surface area contributed by atoms with Crippen LogP contribution in [0.25, 0.3) is 5.57 Å². The number of thioether (sulfide) groups is 1. The van der Waals surface area contributed by atoms with Gasteiger partial charge in [0.25, 0.3) is 25.8 Å². The first kappa shape index (κ1) is 46.7. The molecule has 1 amide bonds. The van der Waals surface area contributed by atoms with Crippen LogP contribution in [0, 0.1) is 0 Å². The highest BCUT2D eigenvalue weighted by Gasteiger charge is 2.48. The van der Waals surface area contributed by atoms with Crippen LogP contribution in [0.3, 0.4) is 0 Å². The highest BCUT2D eigenvalue weighted by Crippen LogP contribution is 2.37. The van der Waals surface area contributed by atoms with E-state index in [-0.39, 0.29) is 5.56 Å². The molecule has 0 saturated carbocycles. The first-order valence-corrected chi connectivity index (χ1v) is 24.0. The van der Waals surface area contributed by atoms with Crippen LogP contribution in [0.4, 0.5) is 24.5 Å². The Labute approximate surface area is 370 Å². The molecule has 2 aliphatic heterocycles. The maximum atomic E-state index is 14.1. The average Bonchev–Trinajstić information content (AvgIpc) is 3.26. The Hall–Kier alpha value is -4.78. The number of hydrogen-bond donors (Lipinski definition) is 2. The minimum atomic E-state index is -6.07. The summed E-state index contributed by atoms with van der Waals surface area (Å²) < 4.78 is 103. The predicted octanol–water partition coefficient (Wildman–Crippen LogP) is 8.30. The Kier molecular flexibility index (Phi) is 15.5. The van der Waals surface area contributed by atoms with Gasteiger partial charge in [0.15, 0.2) is 0 Å². The van der Waals surface area contributed by atoms with Gasteiger partial charge in [0, 0.05) is 72.2 Å². The van der Waals surface area contributed by atoms with Gasteiger partial charge in [-0.05, 0) is 109 Å². The van der Waals surface area contributed by atoms with E-state index in [0.29, 0.717) is 56.1 Å². The Morgan fingerprint density at radius 1 is 0.919 bits per heavy atom. The average molecular weight is 931 g/mol. The zero-order valence-electron chi connectivity index (χ0n) is 33.7. The number of piperazine rings is 1. The molecule has 330 valence electrons. The van der Waals surface area contributed by atoms with Crippen molar-refractivity contribution in [1.29, 1.82) is 0 Å². The van der Waals surface area contributed by atoms with Crippen molar-refractivity contribution in [2.45, 2.75) is 39.1 Å². The Morgan fingerprint density at radius 3 is 2.24 bits per heavy atom. The fourth-order valence-corrected chi connectivity index (χ4v) is 10.2. The number of carbonyl (C=O) groups is 1. The van der Waals surface area contributed by atoms with Crippen molar-refractivity contribution in [2.24, 2.45) is 0 Å². The molecule has 11 nitrogen and oxygen atoms in total. The van der Waals surface area contributed by atoms with Gasteiger partial charge >= 0.3 is 5.51 Å². The van der Waals surface area contributed by atoms with Gasteiger partial charge in [-0.15, -0.1) is 11.8 Å². The summed E-state index contributed by atoms with van der Waals surface area (Å²) in [4.78, 5) is 18.2. The zero-order valence-corrected chi connectivity index (χ0v) is 36.9. The van der Waals surface area contributed by atoms with Crippen molar-refractivity contribution in [3.8, 4) is 0 Å². The second kappa shape index (κ2) is 20.6. The summed E-state index contributed by atoms with van der Waals surface area (Å²) >= 11 is 7.51. The largest absolute Gasteiger partial charge is 0.501 e. The predicted molar refractivity (Wildman–Crippen MR) is 240 cm³/mol. The summed E-state index contributed by atoms with van der Waals surface area (Å²) in [5, 5.41) is 3.60. The fourth-order valence-electron chi connectivity index (χ4n) is 7.10. The van der Waals surface area contributed by atoms with Gasteiger partial charge in [-0.3, -0.25) is 9.69 Å². The quantitative estimate of drug-likeness (QED) is 0.0936. The number of rotatable bonds is 18. The molecule has 18 heteroatoms. The molecule has 1 atom stereocenters. The standard InChI is InChI=1S/C44H47ClF3N5O6S3/c1-3-51(4-2)22-20-36(31-60-38-8-6-5-7-9-38)49-41-19-18-39(28-42(41)61(55,56)44(46,47)48)62(57,58)50-43(54)33-12-16-37(17-13-33)53-25-23-52(24-26-53)29-34-30-59-27-21-40(34)32-10-14-35(45)15-11-32/h3-19,28,36,49H,1-2,20-27,29-31H2,(H,50,54)/t36-/m1/s1. The van der Waals surface area contributed by atoms with Crippen LogP contribution in [0.1, 0.15) is 28.8 Å². The van der Waals surface area contributed by atoms with E-state index in [9.17, 15) is 34.8 Å². The van der Waals surface area contributed by atoms with Gasteiger partial charge in [-0.25, -0.2) is 21.6 Å². The van der Waals surface area contributed by atoms with Gasteiger partial charge in [-0.1, -0.05) is 55.1 Å². The number of amides is 1. The number of carbonyl (C=O) groups excluding carboxylic acids is 1. The van der Waals surface area contributed by atoms with Crippen molar-refractivity contribution in [1.82, 2.24) is 14.5 Å². The van der Waals surface area contributed by atoms with E-state index in [2.05, 4.69) is 28.3 Å². The third-order valence-corrected chi connectivity index (χ3v) is 14.8. The van der Waals surface area contributed by atoms with Crippen LogP contribution in [0.15, 0.2) is 143 Å². The fraction of sp³-hybridized carbons (Fsp3) is 0.295. The summed E-state index contributed by atoms with van der Waals surface area (Å²) in [6, 6.07) is 25.1. The third-order valence-electron chi connectivity index (χ3n) is 10.5. The molecule has 0 aromatic heterocycles. The molecule has 0 bridgehead atoms. The Morgan fingerprint density at radius 2 is 1.60 bits per heavy atom. The molecule has 0 aliphatic carbocycles.